The van der Waals surface area contributed by atoms with Crippen molar-refractivity contribution in [2.45, 2.75) is 44.9 Å². The minimum Gasteiger partial charge on any atom is -0.497 e. The van der Waals surface area contributed by atoms with E-state index in [1.165, 1.54) is 5.56 Å². The Kier molecular flexibility index (Phi) is 6.92. The zero-order chi connectivity index (χ0) is 13.2. The summed E-state index contributed by atoms with van der Waals surface area (Å²) in [5, 5.41) is 8.50. The average Bonchev–Trinajstić information content (AvgIpc) is 2.37. The first-order chi connectivity index (χ1) is 8.72. The van der Waals surface area contributed by atoms with Crippen molar-refractivity contribution in [1.29, 1.82) is 0 Å². The van der Waals surface area contributed by atoms with Gasteiger partial charge in [0.25, 0.3) is 0 Å². The van der Waals surface area contributed by atoms with Crippen LogP contribution in [-0.4, -0.2) is 18.2 Å². The van der Waals surface area contributed by atoms with Crippen LogP contribution in [0.15, 0.2) is 24.3 Å². The number of ether oxygens (including phenoxy) is 1. The standard InChI is InChI=1S/C15H22O3/c1-18-14-10-7-9-13(12-14)8-5-3-2-4-6-11-15(16)17/h7,9-10,12H,2-6,8,11H2,1H3,(H,16,17). The fourth-order valence-corrected chi connectivity index (χ4v) is 1.96. The van der Waals surface area contributed by atoms with Crippen molar-refractivity contribution >= 4 is 5.97 Å². The Morgan fingerprint density at radius 3 is 2.61 bits per heavy atom. The largest absolute Gasteiger partial charge is 0.497 e. The van der Waals surface area contributed by atoms with Crippen LogP contribution in [0.5, 0.6) is 5.75 Å². The van der Waals surface area contributed by atoms with Crippen LogP contribution in [0.4, 0.5) is 0 Å². The van der Waals surface area contributed by atoms with E-state index in [0.717, 1.165) is 44.3 Å². The molecule has 0 amide bonds. The van der Waals surface area contributed by atoms with Crippen molar-refractivity contribution in [3.05, 3.63) is 29.8 Å². The molecule has 0 aliphatic carbocycles. The molecule has 1 N–H and O–H groups in total. The van der Waals surface area contributed by atoms with E-state index in [2.05, 4.69) is 12.1 Å². The van der Waals surface area contributed by atoms with E-state index < -0.39 is 5.97 Å². The molecule has 1 rings (SSSR count). The fourth-order valence-electron chi connectivity index (χ4n) is 1.96. The molecular formula is C15H22O3. The lowest BCUT2D eigenvalue weighted by atomic mass is 10.0. The van der Waals surface area contributed by atoms with Crippen molar-refractivity contribution in [1.82, 2.24) is 0 Å². The Labute approximate surface area is 109 Å². The Morgan fingerprint density at radius 1 is 1.17 bits per heavy atom. The minimum atomic E-state index is -0.689. The number of hydrogen-bond donors (Lipinski definition) is 1. The van der Waals surface area contributed by atoms with Gasteiger partial charge >= 0.3 is 5.97 Å². The van der Waals surface area contributed by atoms with Crippen molar-refractivity contribution in [2.24, 2.45) is 0 Å². The first-order valence-corrected chi connectivity index (χ1v) is 6.57. The van der Waals surface area contributed by atoms with Crippen molar-refractivity contribution in [3.8, 4) is 5.75 Å². The molecule has 1 aromatic carbocycles. The van der Waals surface area contributed by atoms with Gasteiger partial charge in [0.05, 0.1) is 7.11 Å². The van der Waals surface area contributed by atoms with Gasteiger partial charge in [0, 0.05) is 6.42 Å². The van der Waals surface area contributed by atoms with E-state index in [-0.39, 0.29) is 0 Å². The molecule has 0 fully saturated rings. The fraction of sp³-hybridized carbons (Fsp3) is 0.533. The molecule has 1 aromatic rings. The van der Waals surface area contributed by atoms with E-state index in [1.807, 2.05) is 12.1 Å². The topological polar surface area (TPSA) is 46.5 Å². The Bertz CT molecular complexity index is 361. The number of aryl methyl sites for hydroxylation is 1. The molecule has 0 saturated heterocycles. The van der Waals surface area contributed by atoms with Crippen molar-refractivity contribution in [2.75, 3.05) is 7.11 Å². The third kappa shape index (κ3) is 6.28. The number of carboxylic acid groups (broad SMARTS) is 1. The predicted octanol–water partition coefficient (Wildman–Crippen LogP) is 3.66. The van der Waals surface area contributed by atoms with Crippen LogP contribution in [0.25, 0.3) is 0 Å². The number of benzene rings is 1. The number of rotatable bonds is 9. The molecule has 18 heavy (non-hydrogen) atoms. The van der Waals surface area contributed by atoms with Gasteiger partial charge in [-0.2, -0.15) is 0 Å². The molecule has 0 bridgehead atoms. The van der Waals surface area contributed by atoms with Gasteiger partial charge in [-0.25, -0.2) is 0 Å². The SMILES string of the molecule is COc1cccc(CCCCCCCC(=O)O)c1. The Balaban J connectivity index is 2.08. The number of carbonyl (C=O) groups is 1. The number of aliphatic carboxylic acids is 1. The number of hydrogen-bond acceptors (Lipinski definition) is 2. The highest BCUT2D eigenvalue weighted by atomic mass is 16.5. The molecule has 0 unspecified atom stereocenters. The van der Waals surface area contributed by atoms with Crippen LogP contribution in [0, 0.1) is 0 Å². The second-order valence-corrected chi connectivity index (χ2v) is 4.51. The molecule has 0 spiro atoms. The highest BCUT2D eigenvalue weighted by Crippen LogP contribution is 2.15. The lowest BCUT2D eigenvalue weighted by Gasteiger charge is -2.04. The molecule has 0 aliphatic rings. The van der Waals surface area contributed by atoms with Crippen LogP contribution in [0.2, 0.25) is 0 Å². The maximum atomic E-state index is 10.3. The predicted molar refractivity (Wildman–Crippen MR) is 72.0 cm³/mol. The van der Waals surface area contributed by atoms with Crippen LogP contribution in [0.3, 0.4) is 0 Å². The summed E-state index contributed by atoms with van der Waals surface area (Å²) in [5.74, 6) is 0.223. The van der Waals surface area contributed by atoms with Crippen molar-refractivity contribution < 1.29 is 14.6 Å². The van der Waals surface area contributed by atoms with Gasteiger partial charge in [-0.1, -0.05) is 31.4 Å². The lowest BCUT2D eigenvalue weighted by molar-refractivity contribution is -0.137. The summed E-state index contributed by atoms with van der Waals surface area (Å²) in [4.78, 5) is 10.3. The monoisotopic (exact) mass is 250 g/mol. The van der Waals surface area contributed by atoms with E-state index in [0.29, 0.717) is 6.42 Å². The van der Waals surface area contributed by atoms with Gasteiger partial charge in [-0.15, -0.1) is 0 Å². The third-order valence-corrected chi connectivity index (χ3v) is 2.99. The second-order valence-electron chi connectivity index (χ2n) is 4.51. The van der Waals surface area contributed by atoms with Gasteiger partial charge in [-0.05, 0) is 37.0 Å². The molecule has 100 valence electrons. The molecule has 0 heterocycles. The minimum absolute atomic E-state index is 0.301. The Hall–Kier alpha value is -1.51. The zero-order valence-corrected chi connectivity index (χ0v) is 11.0. The van der Waals surface area contributed by atoms with E-state index in [9.17, 15) is 4.79 Å². The summed E-state index contributed by atoms with van der Waals surface area (Å²) in [6.07, 6.45) is 6.62. The number of carboxylic acids is 1. The first kappa shape index (κ1) is 14.6. The van der Waals surface area contributed by atoms with Gasteiger partial charge in [0.1, 0.15) is 5.75 Å². The van der Waals surface area contributed by atoms with Crippen LogP contribution < -0.4 is 4.74 Å². The van der Waals surface area contributed by atoms with Crippen molar-refractivity contribution in [3.63, 3.8) is 0 Å². The Morgan fingerprint density at radius 2 is 1.89 bits per heavy atom. The summed E-state index contributed by atoms with van der Waals surface area (Å²) >= 11 is 0. The highest BCUT2D eigenvalue weighted by Gasteiger charge is 1.98. The average molecular weight is 250 g/mol. The third-order valence-electron chi connectivity index (χ3n) is 2.99. The summed E-state index contributed by atoms with van der Waals surface area (Å²) in [6.45, 7) is 0. The van der Waals surface area contributed by atoms with Crippen LogP contribution in [0.1, 0.15) is 44.1 Å². The van der Waals surface area contributed by atoms with E-state index >= 15 is 0 Å². The normalized spacial score (nSPS) is 10.3. The number of methoxy groups -OCH3 is 1. The van der Waals surface area contributed by atoms with Gasteiger partial charge in [0.2, 0.25) is 0 Å². The van der Waals surface area contributed by atoms with Gasteiger partial charge in [-0.3, -0.25) is 4.79 Å². The van der Waals surface area contributed by atoms with Gasteiger partial charge < -0.3 is 9.84 Å². The maximum absolute atomic E-state index is 10.3. The lowest BCUT2D eigenvalue weighted by Crippen LogP contribution is -1.93. The van der Waals surface area contributed by atoms with Gasteiger partial charge in [0.15, 0.2) is 0 Å². The van der Waals surface area contributed by atoms with Crippen LogP contribution >= 0.6 is 0 Å². The molecule has 3 nitrogen and oxygen atoms in total. The quantitative estimate of drug-likeness (QED) is 0.680. The number of unbranched alkanes of at least 4 members (excludes halogenated alkanes) is 4. The summed E-state index contributed by atoms with van der Waals surface area (Å²) in [6, 6.07) is 8.16. The summed E-state index contributed by atoms with van der Waals surface area (Å²) < 4.78 is 5.18. The summed E-state index contributed by atoms with van der Waals surface area (Å²) in [5.41, 5.74) is 1.31. The zero-order valence-electron chi connectivity index (χ0n) is 11.0. The molecule has 0 radical (unpaired) electrons. The van der Waals surface area contributed by atoms with E-state index in [1.54, 1.807) is 7.11 Å². The van der Waals surface area contributed by atoms with Crippen LogP contribution in [-0.2, 0) is 11.2 Å². The summed E-state index contributed by atoms with van der Waals surface area (Å²) in [7, 11) is 1.68. The maximum Gasteiger partial charge on any atom is 0.303 e. The molecule has 0 saturated carbocycles. The molecule has 0 atom stereocenters. The molecule has 0 aromatic heterocycles. The molecular weight excluding hydrogens is 228 g/mol. The first-order valence-electron chi connectivity index (χ1n) is 6.57. The highest BCUT2D eigenvalue weighted by molar-refractivity contribution is 5.66. The smallest absolute Gasteiger partial charge is 0.303 e. The second kappa shape index (κ2) is 8.56. The molecule has 0 aliphatic heterocycles. The molecule has 3 heteroatoms. The van der Waals surface area contributed by atoms with E-state index in [4.69, 9.17) is 9.84 Å².